The molecule has 0 saturated heterocycles. The number of anilines is 1. The van der Waals surface area contributed by atoms with E-state index in [4.69, 9.17) is 5.73 Å². The minimum Gasteiger partial charge on any atom is -0.378 e. The van der Waals surface area contributed by atoms with Crippen LogP contribution in [0.1, 0.15) is 36.0 Å². The third kappa shape index (κ3) is 2.61. The molecule has 1 fully saturated rings. The van der Waals surface area contributed by atoms with Gasteiger partial charge in [-0.3, -0.25) is 4.79 Å². The molecule has 2 aromatic rings. The van der Waals surface area contributed by atoms with Gasteiger partial charge in [0, 0.05) is 18.3 Å². The quantitative estimate of drug-likeness (QED) is 0.705. The zero-order valence-corrected chi connectivity index (χ0v) is 12.2. The lowest BCUT2D eigenvalue weighted by molar-refractivity contribution is 0.100. The number of primary amides is 1. The van der Waals surface area contributed by atoms with Gasteiger partial charge in [0.2, 0.25) is 0 Å². The van der Waals surface area contributed by atoms with E-state index in [1.807, 2.05) is 26.3 Å². The maximum absolute atomic E-state index is 11.7. The molecule has 1 amide bonds. The highest BCUT2D eigenvalue weighted by atomic mass is 16.1. The van der Waals surface area contributed by atoms with Crippen molar-refractivity contribution in [2.75, 3.05) is 5.32 Å². The van der Waals surface area contributed by atoms with Crippen molar-refractivity contribution in [3.05, 3.63) is 30.1 Å². The minimum absolute atomic E-state index is 0.294. The SMILES string of the molecule is BN[C@@H]1CCCC[C@H]1Nc1c(C(N)=O)cnn2cccc12. The summed E-state index contributed by atoms with van der Waals surface area (Å²) in [4.78, 5) is 11.7. The average Bonchev–Trinajstić information content (AvgIpc) is 2.96. The Morgan fingerprint density at radius 1 is 1.38 bits per heavy atom. The third-order valence-electron chi connectivity index (χ3n) is 4.30. The Labute approximate surface area is 124 Å². The van der Waals surface area contributed by atoms with Gasteiger partial charge in [-0.1, -0.05) is 12.8 Å². The van der Waals surface area contributed by atoms with E-state index in [2.05, 4.69) is 15.6 Å². The number of hydrogen-bond acceptors (Lipinski definition) is 4. The minimum atomic E-state index is -0.453. The first-order valence-corrected chi connectivity index (χ1v) is 7.40. The van der Waals surface area contributed by atoms with Crippen molar-refractivity contribution in [3.63, 3.8) is 0 Å². The van der Waals surface area contributed by atoms with E-state index in [0.29, 0.717) is 17.6 Å². The number of fused-ring (bicyclic) bond motifs is 1. The molecule has 0 unspecified atom stereocenters. The van der Waals surface area contributed by atoms with Crippen molar-refractivity contribution in [3.8, 4) is 0 Å². The molecular formula is C14H20BN5O. The number of aromatic nitrogens is 2. The summed E-state index contributed by atoms with van der Waals surface area (Å²) in [5.74, 6) is -0.453. The molecule has 4 N–H and O–H groups in total. The van der Waals surface area contributed by atoms with Crippen LogP contribution in [0, 0.1) is 0 Å². The molecular weight excluding hydrogens is 265 g/mol. The van der Waals surface area contributed by atoms with Crippen molar-refractivity contribution in [1.82, 2.24) is 14.8 Å². The third-order valence-corrected chi connectivity index (χ3v) is 4.30. The topological polar surface area (TPSA) is 84.5 Å². The molecule has 0 bridgehead atoms. The second kappa shape index (κ2) is 5.77. The lowest BCUT2D eigenvalue weighted by atomic mass is 9.89. The van der Waals surface area contributed by atoms with Crippen LogP contribution in [-0.2, 0) is 0 Å². The monoisotopic (exact) mass is 285 g/mol. The van der Waals surface area contributed by atoms with Gasteiger partial charge in [-0.05, 0) is 25.0 Å². The molecule has 1 saturated carbocycles. The lowest BCUT2D eigenvalue weighted by Gasteiger charge is -2.33. The fourth-order valence-corrected chi connectivity index (χ4v) is 3.17. The first kappa shape index (κ1) is 13.9. The van der Waals surface area contributed by atoms with Gasteiger partial charge in [-0.2, -0.15) is 5.10 Å². The number of hydrogen-bond donors (Lipinski definition) is 3. The van der Waals surface area contributed by atoms with Crippen LogP contribution in [0.2, 0.25) is 0 Å². The van der Waals surface area contributed by atoms with Crippen molar-refractivity contribution < 1.29 is 4.79 Å². The molecule has 3 rings (SSSR count). The molecule has 2 heterocycles. The molecule has 0 aromatic carbocycles. The number of nitrogens with one attached hydrogen (secondary N) is 2. The molecule has 7 heteroatoms. The number of carbonyl (C=O) groups excluding carboxylic acids is 1. The van der Waals surface area contributed by atoms with Gasteiger partial charge in [-0.15, -0.1) is 0 Å². The fourth-order valence-electron chi connectivity index (χ4n) is 3.17. The van der Waals surface area contributed by atoms with Crippen LogP contribution in [0.25, 0.3) is 5.52 Å². The summed E-state index contributed by atoms with van der Waals surface area (Å²) in [5, 5.41) is 11.1. The van der Waals surface area contributed by atoms with Gasteiger partial charge >= 0.3 is 0 Å². The van der Waals surface area contributed by atoms with E-state index in [0.717, 1.165) is 24.0 Å². The fraction of sp³-hybridized carbons (Fsp3) is 0.429. The molecule has 1 aliphatic carbocycles. The average molecular weight is 285 g/mol. The van der Waals surface area contributed by atoms with Crippen molar-refractivity contribution >= 4 is 25.1 Å². The summed E-state index contributed by atoms with van der Waals surface area (Å²) in [7, 11) is 1.99. The molecule has 0 spiro atoms. The summed E-state index contributed by atoms with van der Waals surface area (Å²) >= 11 is 0. The summed E-state index contributed by atoms with van der Waals surface area (Å²) in [6.07, 6.45) is 8.06. The van der Waals surface area contributed by atoms with E-state index < -0.39 is 5.91 Å². The van der Waals surface area contributed by atoms with Crippen LogP contribution in [0.5, 0.6) is 0 Å². The molecule has 110 valence electrons. The Kier molecular flexibility index (Phi) is 3.83. The Bertz CT molecular complexity index is 656. The van der Waals surface area contributed by atoms with Gasteiger partial charge in [0.25, 0.3) is 5.91 Å². The molecule has 2 atom stereocenters. The predicted molar refractivity (Wildman–Crippen MR) is 85.1 cm³/mol. The Morgan fingerprint density at radius 3 is 2.86 bits per heavy atom. The molecule has 0 radical (unpaired) electrons. The van der Waals surface area contributed by atoms with E-state index in [1.54, 1.807) is 4.52 Å². The van der Waals surface area contributed by atoms with Crippen LogP contribution in [0.3, 0.4) is 0 Å². The second-order valence-corrected chi connectivity index (χ2v) is 5.57. The second-order valence-electron chi connectivity index (χ2n) is 5.57. The van der Waals surface area contributed by atoms with Crippen molar-refractivity contribution in [2.24, 2.45) is 5.73 Å². The lowest BCUT2D eigenvalue weighted by Crippen LogP contribution is -2.45. The maximum atomic E-state index is 11.7. The Balaban J connectivity index is 1.99. The van der Waals surface area contributed by atoms with E-state index in [1.165, 1.54) is 19.0 Å². The first-order valence-electron chi connectivity index (χ1n) is 7.40. The van der Waals surface area contributed by atoms with E-state index in [9.17, 15) is 4.79 Å². The number of nitrogens with two attached hydrogens (primary N) is 1. The smallest absolute Gasteiger partial charge is 0.252 e. The molecule has 6 nitrogen and oxygen atoms in total. The number of nitrogens with zero attached hydrogens (tertiary/aromatic N) is 2. The Morgan fingerprint density at radius 2 is 2.14 bits per heavy atom. The van der Waals surface area contributed by atoms with Crippen LogP contribution < -0.4 is 16.3 Å². The van der Waals surface area contributed by atoms with Crippen molar-refractivity contribution in [2.45, 2.75) is 37.8 Å². The highest BCUT2D eigenvalue weighted by Gasteiger charge is 2.25. The first-order chi connectivity index (χ1) is 10.2. The zero-order valence-electron chi connectivity index (χ0n) is 12.2. The van der Waals surface area contributed by atoms with Gasteiger partial charge in [0.15, 0.2) is 7.98 Å². The van der Waals surface area contributed by atoms with Crippen LogP contribution >= 0.6 is 0 Å². The standard InChI is InChI=1S/C14H20BN5O/c15-19-11-5-2-1-4-10(11)18-13-9(14(16)21)8-17-20-7-3-6-12(13)20/h3,6-8,10-11,18-19H,1-2,4-5,15H2,(H2,16,21)/t10-,11-/m1/s1. The summed E-state index contributed by atoms with van der Waals surface area (Å²) < 4.78 is 1.76. The maximum Gasteiger partial charge on any atom is 0.252 e. The number of amides is 1. The van der Waals surface area contributed by atoms with E-state index >= 15 is 0 Å². The molecule has 21 heavy (non-hydrogen) atoms. The molecule has 1 aliphatic rings. The normalized spacial score (nSPS) is 22.3. The Hall–Kier alpha value is -2.02. The van der Waals surface area contributed by atoms with Crippen LogP contribution in [-0.4, -0.2) is 35.6 Å². The van der Waals surface area contributed by atoms with Crippen LogP contribution in [0.4, 0.5) is 5.69 Å². The van der Waals surface area contributed by atoms with Crippen molar-refractivity contribution in [1.29, 1.82) is 0 Å². The summed E-state index contributed by atoms with van der Waals surface area (Å²) in [6.45, 7) is 0. The highest BCUT2D eigenvalue weighted by Crippen LogP contribution is 2.27. The van der Waals surface area contributed by atoms with Gasteiger partial charge < -0.3 is 16.3 Å². The van der Waals surface area contributed by atoms with Gasteiger partial charge in [0.1, 0.15) is 0 Å². The zero-order chi connectivity index (χ0) is 14.8. The molecule has 0 aliphatic heterocycles. The van der Waals surface area contributed by atoms with Gasteiger partial charge in [-0.25, -0.2) is 4.52 Å². The van der Waals surface area contributed by atoms with Gasteiger partial charge in [0.05, 0.1) is 23.0 Å². The summed E-state index contributed by atoms with van der Waals surface area (Å²) in [5.41, 5.74) is 7.62. The van der Waals surface area contributed by atoms with E-state index in [-0.39, 0.29) is 0 Å². The highest BCUT2D eigenvalue weighted by molar-refractivity contribution is 6.04. The summed E-state index contributed by atoms with van der Waals surface area (Å²) in [6, 6.07) is 4.55. The van der Waals surface area contributed by atoms with Crippen LogP contribution in [0.15, 0.2) is 24.5 Å². The number of carbonyl (C=O) groups is 1. The largest absolute Gasteiger partial charge is 0.378 e. The predicted octanol–water partition coefficient (Wildman–Crippen LogP) is 0.294. The molecule has 2 aromatic heterocycles. The number of rotatable bonds is 4.